The number of hydrogen-bond donors (Lipinski definition) is 2. The maximum atomic E-state index is 12.2. The second-order valence-electron chi connectivity index (χ2n) is 6.35. The van der Waals surface area contributed by atoms with Crippen LogP contribution in [0.3, 0.4) is 0 Å². The molecular weight excluding hydrogens is 330 g/mol. The highest BCUT2D eigenvalue weighted by atomic mass is 35.5. The third kappa shape index (κ3) is 3.82. The predicted molar refractivity (Wildman–Crippen MR) is 93.8 cm³/mol. The summed E-state index contributed by atoms with van der Waals surface area (Å²) in [5.41, 5.74) is 0.355. The van der Waals surface area contributed by atoms with Crippen molar-refractivity contribution < 1.29 is 14.3 Å². The molecule has 0 saturated carbocycles. The number of ether oxygens (including phenoxy) is 1. The van der Waals surface area contributed by atoms with Gasteiger partial charge in [-0.2, -0.15) is 0 Å². The molecule has 6 nitrogen and oxygen atoms in total. The molecule has 2 aliphatic heterocycles. The predicted octanol–water partition coefficient (Wildman–Crippen LogP) is 2.18. The number of imide groups is 1. The summed E-state index contributed by atoms with van der Waals surface area (Å²) in [5.74, 6) is 0.00554. The highest BCUT2D eigenvalue weighted by molar-refractivity contribution is 6.05. The molecule has 2 N–H and O–H groups in total. The molecule has 1 aromatic carbocycles. The molecule has 0 aromatic heterocycles. The Morgan fingerprint density at radius 1 is 1.17 bits per heavy atom. The highest BCUT2D eigenvalue weighted by Crippen LogP contribution is 2.34. The summed E-state index contributed by atoms with van der Waals surface area (Å²) < 4.78 is 5.15. The summed E-state index contributed by atoms with van der Waals surface area (Å²) in [6.45, 7) is 0. The van der Waals surface area contributed by atoms with E-state index >= 15 is 0 Å². The number of piperidine rings is 1. The maximum absolute atomic E-state index is 12.2. The van der Waals surface area contributed by atoms with Crippen molar-refractivity contribution in [1.82, 2.24) is 15.5 Å². The normalized spacial score (nSPS) is 25.5. The molecule has 2 unspecified atom stereocenters. The van der Waals surface area contributed by atoms with Crippen molar-refractivity contribution in [2.75, 3.05) is 14.2 Å². The highest BCUT2D eigenvalue weighted by Gasteiger charge is 2.38. The van der Waals surface area contributed by atoms with E-state index in [9.17, 15) is 9.59 Å². The first-order valence-electron chi connectivity index (χ1n) is 8.05. The Hall–Kier alpha value is -1.79. The van der Waals surface area contributed by atoms with Crippen molar-refractivity contribution in [2.24, 2.45) is 0 Å². The lowest BCUT2D eigenvalue weighted by Crippen LogP contribution is -2.51. The molecule has 2 fully saturated rings. The number of urea groups is 1. The van der Waals surface area contributed by atoms with Crippen LogP contribution in [0.4, 0.5) is 4.79 Å². The number of carbonyl (C=O) groups is 2. The van der Waals surface area contributed by atoms with Crippen LogP contribution in [0.1, 0.15) is 36.0 Å². The fraction of sp³-hybridized carbons (Fsp3) is 0.529. The Labute approximate surface area is 148 Å². The topological polar surface area (TPSA) is 70.7 Å². The van der Waals surface area contributed by atoms with Crippen LogP contribution < -0.4 is 15.4 Å². The van der Waals surface area contributed by atoms with Crippen molar-refractivity contribution in [3.8, 4) is 5.75 Å². The lowest BCUT2D eigenvalue weighted by molar-refractivity contribution is 0.0957. The number of para-hydroxylation sites is 1. The molecule has 0 spiro atoms. The summed E-state index contributed by atoms with van der Waals surface area (Å²) in [6, 6.07) is 7.64. The van der Waals surface area contributed by atoms with E-state index in [1.54, 1.807) is 24.3 Å². The number of halogens is 1. The standard InChI is InChI=1S/C17H23N3O3.ClH/c1-20-12-7-8-13(20)10-11(9-12)18-17(22)19-16(21)14-5-3-4-6-15(14)23-2;/h3-6,11-13H,7-10H2,1-2H3,(H2,18,19,21,22);1H. The van der Waals surface area contributed by atoms with Gasteiger partial charge in [0.15, 0.2) is 0 Å². The minimum absolute atomic E-state index is 0. The van der Waals surface area contributed by atoms with E-state index in [1.807, 2.05) is 0 Å². The average molecular weight is 354 g/mol. The molecule has 0 aliphatic carbocycles. The number of hydrogen-bond acceptors (Lipinski definition) is 4. The minimum Gasteiger partial charge on any atom is -0.496 e. The van der Waals surface area contributed by atoms with Gasteiger partial charge in [0.25, 0.3) is 5.91 Å². The maximum Gasteiger partial charge on any atom is 0.321 e. The van der Waals surface area contributed by atoms with Gasteiger partial charge in [-0.15, -0.1) is 12.4 Å². The van der Waals surface area contributed by atoms with Gasteiger partial charge in [0, 0.05) is 18.1 Å². The van der Waals surface area contributed by atoms with Crippen LogP contribution in [0.2, 0.25) is 0 Å². The first-order valence-corrected chi connectivity index (χ1v) is 8.05. The van der Waals surface area contributed by atoms with E-state index < -0.39 is 11.9 Å². The van der Waals surface area contributed by atoms with E-state index in [4.69, 9.17) is 4.74 Å². The van der Waals surface area contributed by atoms with Gasteiger partial charge in [-0.3, -0.25) is 10.1 Å². The Kier molecular flexibility index (Phi) is 6.07. The molecule has 3 amide bonds. The average Bonchev–Trinajstić information content (AvgIpc) is 2.75. The van der Waals surface area contributed by atoms with Crippen LogP contribution in [0.25, 0.3) is 0 Å². The van der Waals surface area contributed by atoms with E-state index in [0.717, 1.165) is 12.8 Å². The van der Waals surface area contributed by atoms with Gasteiger partial charge >= 0.3 is 6.03 Å². The monoisotopic (exact) mass is 353 g/mol. The van der Waals surface area contributed by atoms with Crippen LogP contribution in [0, 0.1) is 0 Å². The smallest absolute Gasteiger partial charge is 0.321 e. The van der Waals surface area contributed by atoms with Crippen LogP contribution in [-0.2, 0) is 0 Å². The molecule has 2 saturated heterocycles. The van der Waals surface area contributed by atoms with Gasteiger partial charge in [-0.25, -0.2) is 4.79 Å². The molecule has 7 heteroatoms. The van der Waals surface area contributed by atoms with Gasteiger partial charge in [0.1, 0.15) is 5.75 Å². The quantitative estimate of drug-likeness (QED) is 0.873. The number of benzene rings is 1. The second-order valence-corrected chi connectivity index (χ2v) is 6.35. The van der Waals surface area contributed by atoms with Gasteiger partial charge in [-0.05, 0) is 44.9 Å². The Bertz CT molecular complexity index is 596. The van der Waals surface area contributed by atoms with Crippen molar-refractivity contribution in [2.45, 2.75) is 43.8 Å². The van der Waals surface area contributed by atoms with Crippen LogP contribution in [-0.4, -0.2) is 49.1 Å². The van der Waals surface area contributed by atoms with E-state index in [1.165, 1.54) is 20.0 Å². The largest absolute Gasteiger partial charge is 0.496 e. The zero-order valence-electron chi connectivity index (χ0n) is 14.0. The summed E-state index contributed by atoms with van der Waals surface area (Å²) in [5, 5.41) is 5.34. The van der Waals surface area contributed by atoms with Crippen LogP contribution in [0.15, 0.2) is 24.3 Å². The molecule has 2 bridgehead atoms. The second kappa shape index (κ2) is 7.85. The zero-order valence-corrected chi connectivity index (χ0v) is 14.8. The third-order valence-corrected chi connectivity index (χ3v) is 5.01. The SMILES string of the molecule is COc1ccccc1C(=O)NC(=O)NC1CC2CCC(C1)N2C.Cl. The number of rotatable bonds is 3. The molecule has 0 radical (unpaired) electrons. The summed E-state index contributed by atoms with van der Waals surface area (Å²) >= 11 is 0. The van der Waals surface area contributed by atoms with Crippen molar-refractivity contribution in [3.05, 3.63) is 29.8 Å². The Balaban J connectivity index is 0.00000208. The van der Waals surface area contributed by atoms with E-state index in [0.29, 0.717) is 23.4 Å². The first-order chi connectivity index (χ1) is 11.1. The van der Waals surface area contributed by atoms with E-state index in [2.05, 4.69) is 22.6 Å². The van der Waals surface area contributed by atoms with Crippen molar-refractivity contribution in [1.29, 1.82) is 0 Å². The summed E-state index contributed by atoms with van der Waals surface area (Å²) in [7, 11) is 3.66. The molecule has 2 atom stereocenters. The van der Waals surface area contributed by atoms with Crippen molar-refractivity contribution >= 4 is 24.3 Å². The Morgan fingerprint density at radius 2 is 1.79 bits per heavy atom. The number of nitrogens with zero attached hydrogens (tertiary/aromatic N) is 1. The lowest BCUT2D eigenvalue weighted by Gasteiger charge is -2.36. The molecule has 24 heavy (non-hydrogen) atoms. The van der Waals surface area contributed by atoms with Crippen LogP contribution in [0.5, 0.6) is 5.75 Å². The third-order valence-electron chi connectivity index (χ3n) is 5.01. The van der Waals surface area contributed by atoms with Gasteiger partial charge in [-0.1, -0.05) is 12.1 Å². The minimum atomic E-state index is -0.448. The number of amides is 3. The molecule has 2 heterocycles. The summed E-state index contributed by atoms with van der Waals surface area (Å²) in [4.78, 5) is 26.7. The van der Waals surface area contributed by atoms with Crippen LogP contribution >= 0.6 is 12.4 Å². The number of carbonyl (C=O) groups excluding carboxylic acids is 2. The molecule has 1 aromatic rings. The molecule has 3 rings (SSSR count). The molecule has 2 aliphatic rings. The molecule has 132 valence electrons. The number of methoxy groups -OCH3 is 1. The Morgan fingerprint density at radius 3 is 2.42 bits per heavy atom. The first kappa shape index (κ1) is 18.5. The van der Waals surface area contributed by atoms with Gasteiger partial charge < -0.3 is 15.0 Å². The number of fused-ring (bicyclic) bond motifs is 2. The fourth-order valence-electron chi connectivity index (χ4n) is 3.75. The van der Waals surface area contributed by atoms with Gasteiger partial charge in [0.2, 0.25) is 0 Å². The lowest BCUT2D eigenvalue weighted by atomic mass is 9.98. The fourth-order valence-corrected chi connectivity index (χ4v) is 3.75. The van der Waals surface area contributed by atoms with Gasteiger partial charge in [0.05, 0.1) is 12.7 Å². The zero-order chi connectivity index (χ0) is 16.4. The van der Waals surface area contributed by atoms with Crippen molar-refractivity contribution in [3.63, 3.8) is 0 Å². The summed E-state index contributed by atoms with van der Waals surface area (Å²) in [6.07, 6.45) is 4.29. The number of nitrogens with one attached hydrogen (secondary N) is 2. The van der Waals surface area contributed by atoms with E-state index in [-0.39, 0.29) is 18.4 Å². The molecular formula is C17H24ClN3O3.